The molecular formula is C8H14ClN3O5S. The van der Waals surface area contributed by atoms with E-state index < -0.39 is 40.4 Å². The van der Waals surface area contributed by atoms with Crippen LogP contribution in [0.4, 0.5) is 0 Å². The van der Waals surface area contributed by atoms with Crippen molar-refractivity contribution in [3.63, 3.8) is 0 Å². The number of aliphatic hydroxyl groups excluding tert-OH is 3. The summed E-state index contributed by atoms with van der Waals surface area (Å²) in [6, 6.07) is 0. The summed E-state index contributed by atoms with van der Waals surface area (Å²) in [6.07, 6.45) is 1.20. The molecule has 4 N–H and O–H groups in total. The Hall–Kier alpha value is -0.710. The lowest BCUT2D eigenvalue weighted by Crippen LogP contribution is -2.56. The third-order valence-corrected chi connectivity index (χ3v) is 4.42. The molecule has 8 nitrogen and oxygen atoms in total. The Labute approximate surface area is 109 Å². The van der Waals surface area contributed by atoms with E-state index in [0.29, 0.717) is 0 Å². The zero-order valence-corrected chi connectivity index (χ0v) is 11.1. The number of hydrogen-bond donors (Lipinski definition) is 4. The molecule has 0 spiro atoms. The van der Waals surface area contributed by atoms with E-state index in [1.54, 1.807) is 0 Å². The van der Waals surface area contributed by atoms with E-state index in [1.807, 2.05) is 4.72 Å². The molecular weight excluding hydrogens is 286 g/mol. The maximum Gasteiger partial charge on any atom is 0.261 e. The molecule has 18 heavy (non-hydrogen) atoms. The Kier molecular flexibility index (Phi) is 4.70. The summed E-state index contributed by atoms with van der Waals surface area (Å²) in [7, 11) is -2.65. The van der Waals surface area contributed by atoms with E-state index in [0.717, 1.165) is 0 Å². The van der Waals surface area contributed by atoms with Crippen molar-refractivity contribution >= 4 is 21.6 Å². The molecule has 0 saturated heterocycles. The minimum absolute atomic E-state index is 0.120. The maximum atomic E-state index is 12.0. The number of aliphatic hydroxyl groups is 3. The second-order valence-corrected chi connectivity index (χ2v) is 5.77. The molecule has 0 aliphatic carbocycles. The largest absolute Gasteiger partial charge is 0.394 e. The van der Waals surface area contributed by atoms with Gasteiger partial charge in [0, 0.05) is 7.05 Å². The Morgan fingerprint density at radius 3 is 2.22 bits per heavy atom. The molecule has 0 amide bonds. The van der Waals surface area contributed by atoms with Gasteiger partial charge >= 0.3 is 0 Å². The van der Waals surface area contributed by atoms with Crippen molar-refractivity contribution in [2.45, 2.75) is 10.6 Å². The number of nitrogens with one attached hydrogen (secondary N) is 1. The molecule has 0 saturated carbocycles. The van der Waals surface area contributed by atoms with Gasteiger partial charge in [-0.2, -0.15) is 4.72 Å². The van der Waals surface area contributed by atoms with E-state index >= 15 is 0 Å². The van der Waals surface area contributed by atoms with Crippen molar-refractivity contribution in [1.29, 1.82) is 0 Å². The van der Waals surface area contributed by atoms with Gasteiger partial charge in [-0.05, 0) is 0 Å². The van der Waals surface area contributed by atoms with Gasteiger partial charge in [0.15, 0.2) is 0 Å². The fourth-order valence-electron chi connectivity index (χ4n) is 1.15. The highest BCUT2D eigenvalue weighted by Gasteiger charge is 2.36. The quantitative estimate of drug-likeness (QED) is 0.485. The smallest absolute Gasteiger partial charge is 0.261 e. The van der Waals surface area contributed by atoms with Gasteiger partial charge in [0.2, 0.25) is 5.03 Å². The van der Waals surface area contributed by atoms with E-state index in [1.165, 1.54) is 17.9 Å². The first kappa shape index (κ1) is 15.3. The van der Waals surface area contributed by atoms with Crippen molar-refractivity contribution in [3.8, 4) is 0 Å². The van der Waals surface area contributed by atoms with E-state index in [9.17, 15) is 8.42 Å². The van der Waals surface area contributed by atoms with Gasteiger partial charge in [-0.25, -0.2) is 13.4 Å². The normalized spacial score (nSPS) is 12.9. The first-order valence-electron chi connectivity index (χ1n) is 4.85. The van der Waals surface area contributed by atoms with Gasteiger partial charge in [0.05, 0.1) is 26.1 Å². The van der Waals surface area contributed by atoms with Gasteiger partial charge in [0.25, 0.3) is 10.0 Å². The van der Waals surface area contributed by atoms with Crippen LogP contribution in [0.1, 0.15) is 0 Å². The standard InChI is InChI=1S/C8H14ClN3O5S/c1-12-5-10-7(6(12)9)18(16,17)11-8(2-13,3-14)4-15/h5,11,13-15H,2-4H2,1H3. The first-order valence-corrected chi connectivity index (χ1v) is 6.71. The molecule has 0 radical (unpaired) electrons. The highest BCUT2D eigenvalue weighted by Crippen LogP contribution is 2.20. The monoisotopic (exact) mass is 299 g/mol. The minimum atomic E-state index is -4.16. The highest BCUT2D eigenvalue weighted by atomic mass is 35.5. The number of rotatable bonds is 6. The van der Waals surface area contributed by atoms with Gasteiger partial charge in [0.1, 0.15) is 10.7 Å². The van der Waals surface area contributed by atoms with Crippen LogP contribution in [0.3, 0.4) is 0 Å². The molecule has 1 heterocycles. The lowest BCUT2D eigenvalue weighted by Gasteiger charge is -2.27. The summed E-state index contributed by atoms with van der Waals surface area (Å²) in [4.78, 5) is 3.61. The number of halogens is 1. The summed E-state index contributed by atoms with van der Waals surface area (Å²) in [5, 5.41) is 26.6. The van der Waals surface area contributed by atoms with Crippen LogP contribution < -0.4 is 4.72 Å². The van der Waals surface area contributed by atoms with Crippen LogP contribution in [0.5, 0.6) is 0 Å². The summed E-state index contributed by atoms with van der Waals surface area (Å²) in [5.74, 6) is 0. The Balaban J connectivity index is 3.13. The van der Waals surface area contributed by atoms with Crippen LogP contribution in [-0.2, 0) is 17.1 Å². The summed E-state index contributed by atoms with van der Waals surface area (Å²) < 4.78 is 27.2. The minimum Gasteiger partial charge on any atom is -0.394 e. The highest BCUT2D eigenvalue weighted by molar-refractivity contribution is 7.89. The zero-order chi connectivity index (χ0) is 14.0. The maximum absolute atomic E-state index is 12.0. The van der Waals surface area contributed by atoms with Crippen LogP contribution >= 0.6 is 11.6 Å². The predicted octanol–water partition coefficient (Wildman–Crippen LogP) is -1.93. The van der Waals surface area contributed by atoms with Crippen LogP contribution in [0.2, 0.25) is 5.15 Å². The molecule has 0 bridgehead atoms. The predicted molar refractivity (Wildman–Crippen MR) is 62.5 cm³/mol. The molecule has 10 heteroatoms. The molecule has 1 aromatic heterocycles. The lowest BCUT2D eigenvalue weighted by atomic mass is 10.1. The van der Waals surface area contributed by atoms with Gasteiger partial charge in [-0.1, -0.05) is 11.6 Å². The van der Waals surface area contributed by atoms with Crippen molar-refractivity contribution < 1.29 is 23.7 Å². The number of aryl methyl sites for hydroxylation is 1. The molecule has 0 fully saturated rings. The summed E-state index contributed by atoms with van der Waals surface area (Å²) >= 11 is 5.75. The zero-order valence-electron chi connectivity index (χ0n) is 9.54. The molecule has 0 aromatic carbocycles. The number of sulfonamides is 1. The van der Waals surface area contributed by atoms with Crippen LogP contribution in [-0.4, -0.2) is 58.6 Å². The van der Waals surface area contributed by atoms with Crippen molar-refractivity contribution in [2.75, 3.05) is 19.8 Å². The number of aromatic nitrogens is 2. The summed E-state index contributed by atoms with van der Waals surface area (Å²) in [5.41, 5.74) is -1.76. The Morgan fingerprint density at radius 1 is 1.39 bits per heavy atom. The van der Waals surface area contributed by atoms with Crippen molar-refractivity contribution in [2.24, 2.45) is 7.05 Å². The van der Waals surface area contributed by atoms with Crippen LogP contribution in [0.25, 0.3) is 0 Å². The summed E-state index contributed by atoms with van der Waals surface area (Å²) in [6.45, 7) is -2.32. The second kappa shape index (κ2) is 5.51. The fraction of sp³-hybridized carbons (Fsp3) is 0.625. The molecule has 0 atom stereocenters. The van der Waals surface area contributed by atoms with E-state index in [2.05, 4.69) is 4.98 Å². The van der Waals surface area contributed by atoms with Gasteiger partial charge < -0.3 is 19.9 Å². The average molecular weight is 300 g/mol. The van der Waals surface area contributed by atoms with Gasteiger partial charge in [-0.15, -0.1) is 0 Å². The molecule has 0 aliphatic rings. The second-order valence-electron chi connectivity index (χ2n) is 3.81. The van der Waals surface area contributed by atoms with E-state index in [-0.39, 0.29) is 5.15 Å². The van der Waals surface area contributed by atoms with Crippen LogP contribution in [0, 0.1) is 0 Å². The fourth-order valence-corrected chi connectivity index (χ4v) is 2.96. The number of imidazole rings is 1. The lowest BCUT2D eigenvalue weighted by molar-refractivity contribution is 0.0581. The first-order chi connectivity index (χ1) is 8.32. The Morgan fingerprint density at radius 2 is 1.89 bits per heavy atom. The molecule has 1 aromatic rings. The number of nitrogens with zero attached hydrogens (tertiary/aromatic N) is 2. The SMILES string of the molecule is Cn1cnc(S(=O)(=O)NC(CO)(CO)CO)c1Cl. The molecule has 104 valence electrons. The number of hydrogen-bond acceptors (Lipinski definition) is 6. The topological polar surface area (TPSA) is 125 Å². The van der Waals surface area contributed by atoms with Crippen LogP contribution in [0.15, 0.2) is 11.4 Å². The third kappa shape index (κ3) is 2.82. The Bertz CT molecular complexity index is 503. The van der Waals surface area contributed by atoms with E-state index in [4.69, 9.17) is 26.9 Å². The molecule has 0 aliphatic heterocycles. The van der Waals surface area contributed by atoms with Crippen molar-refractivity contribution in [3.05, 3.63) is 11.5 Å². The molecule has 1 rings (SSSR count). The van der Waals surface area contributed by atoms with Gasteiger partial charge in [-0.3, -0.25) is 0 Å². The third-order valence-electron chi connectivity index (χ3n) is 2.35. The molecule has 0 unspecified atom stereocenters. The average Bonchev–Trinajstić information content (AvgIpc) is 2.68. The van der Waals surface area contributed by atoms with Crippen molar-refractivity contribution in [1.82, 2.24) is 14.3 Å².